The lowest BCUT2D eigenvalue weighted by Crippen LogP contribution is -2.01. The number of nitro groups is 1. The number of carboxylic acid groups (broad SMARTS) is 1. The number of rotatable bonds is 4. The predicted molar refractivity (Wildman–Crippen MR) is 70.6 cm³/mol. The highest BCUT2D eigenvalue weighted by Crippen LogP contribution is 2.37. The summed E-state index contributed by atoms with van der Waals surface area (Å²) >= 11 is 1.07. The second-order valence-electron chi connectivity index (χ2n) is 3.63. The Hall–Kier alpha value is -2.34. The lowest BCUT2D eigenvalue weighted by molar-refractivity contribution is -0.387. The van der Waals surface area contributed by atoms with Crippen molar-refractivity contribution < 1.29 is 14.8 Å². The minimum atomic E-state index is -1.18. The molecule has 0 saturated carbocycles. The first-order valence-electron chi connectivity index (χ1n) is 5.33. The van der Waals surface area contributed by atoms with E-state index in [1.807, 2.05) is 6.07 Å². The fraction of sp³-hybridized carbons (Fsp3) is 0. The molecular weight excluding hydrogens is 266 g/mol. The van der Waals surface area contributed by atoms with E-state index in [9.17, 15) is 14.9 Å². The first kappa shape index (κ1) is 13.1. The van der Waals surface area contributed by atoms with Crippen LogP contribution in [0.1, 0.15) is 10.4 Å². The number of aromatic carboxylic acids is 1. The molecule has 19 heavy (non-hydrogen) atoms. The van der Waals surface area contributed by atoms with Crippen molar-refractivity contribution in [2.75, 3.05) is 0 Å². The summed E-state index contributed by atoms with van der Waals surface area (Å²) in [5.74, 6) is -1.18. The predicted octanol–water partition coefficient (Wildman–Crippen LogP) is 3.44. The summed E-state index contributed by atoms with van der Waals surface area (Å²) in [4.78, 5) is 22.5. The molecule has 0 aliphatic rings. The lowest BCUT2D eigenvalue weighted by atomic mass is 10.2. The van der Waals surface area contributed by atoms with Crippen LogP contribution in [0.15, 0.2) is 58.3 Å². The molecule has 0 amide bonds. The van der Waals surface area contributed by atoms with Crippen LogP contribution in [0.4, 0.5) is 5.69 Å². The number of nitrogens with zero attached hydrogens (tertiary/aromatic N) is 1. The van der Waals surface area contributed by atoms with Crippen LogP contribution in [-0.2, 0) is 0 Å². The Morgan fingerprint density at radius 1 is 1.11 bits per heavy atom. The Morgan fingerprint density at radius 2 is 1.79 bits per heavy atom. The summed E-state index contributed by atoms with van der Waals surface area (Å²) in [6.45, 7) is 0. The van der Waals surface area contributed by atoms with Crippen molar-refractivity contribution in [2.45, 2.75) is 9.79 Å². The molecule has 0 unspecified atom stereocenters. The fourth-order valence-corrected chi connectivity index (χ4v) is 2.59. The van der Waals surface area contributed by atoms with Gasteiger partial charge in [-0.3, -0.25) is 10.1 Å². The molecule has 0 aromatic heterocycles. The number of nitro benzene ring substituents is 1. The first-order valence-corrected chi connectivity index (χ1v) is 6.15. The van der Waals surface area contributed by atoms with Gasteiger partial charge >= 0.3 is 5.97 Å². The molecule has 0 aliphatic heterocycles. The Kier molecular flexibility index (Phi) is 3.82. The van der Waals surface area contributed by atoms with Gasteiger partial charge in [-0.1, -0.05) is 36.0 Å². The molecule has 0 bridgehead atoms. The average molecular weight is 275 g/mol. The van der Waals surface area contributed by atoms with Crippen molar-refractivity contribution in [1.29, 1.82) is 0 Å². The van der Waals surface area contributed by atoms with Gasteiger partial charge in [0, 0.05) is 11.0 Å². The second-order valence-corrected chi connectivity index (χ2v) is 4.71. The van der Waals surface area contributed by atoms with E-state index in [4.69, 9.17) is 5.11 Å². The molecule has 0 aliphatic carbocycles. The first-order chi connectivity index (χ1) is 9.09. The van der Waals surface area contributed by atoms with Gasteiger partial charge in [0.2, 0.25) is 0 Å². The molecule has 2 aromatic rings. The van der Waals surface area contributed by atoms with E-state index in [-0.39, 0.29) is 16.1 Å². The summed E-state index contributed by atoms with van der Waals surface area (Å²) in [7, 11) is 0. The Morgan fingerprint density at radius 3 is 2.37 bits per heavy atom. The third-order valence-corrected chi connectivity index (χ3v) is 3.53. The lowest BCUT2D eigenvalue weighted by Gasteiger charge is -2.06. The molecule has 2 rings (SSSR count). The maximum atomic E-state index is 11.2. The molecule has 1 N–H and O–H groups in total. The van der Waals surface area contributed by atoms with Crippen molar-refractivity contribution in [2.24, 2.45) is 0 Å². The van der Waals surface area contributed by atoms with Gasteiger partial charge in [0.05, 0.1) is 10.5 Å². The molecule has 6 heteroatoms. The fourth-order valence-electron chi connectivity index (χ4n) is 1.55. The summed E-state index contributed by atoms with van der Waals surface area (Å²) in [5.41, 5.74) is -0.267. The van der Waals surface area contributed by atoms with Gasteiger partial charge in [-0.15, -0.1) is 0 Å². The normalized spacial score (nSPS) is 10.1. The standard InChI is InChI=1S/C13H9NO4S/c15-13(16)10-7-4-8-11(14(17)18)12(10)19-9-5-2-1-3-6-9/h1-8H,(H,15,16). The van der Waals surface area contributed by atoms with Gasteiger partial charge < -0.3 is 5.11 Å². The van der Waals surface area contributed by atoms with Gasteiger partial charge in [-0.2, -0.15) is 0 Å². The Labute approximate surface area is 113 Å². The Bertz CT molecular complexity index is 596. The number of benzene rings is 2. The van der Waals surface area contributed by atoms with E-state index in [0.29, 0.717) is 0 Å². The topological polar surface area (TPSA) is 80.4 Å². The van der Waals surface area contributed by atoms with Crippen LogP contribution < -0.4 is 0 Å². The molecule has 0 spiro atoms. The molecule has 0 saturated heterocycles. The zero-order valence-electron chi connectivity index (χ0n) is 9.65. The van der Waals surface area contributed by atoms with E-state index in [0.717, 1.165) is 16.7 Å². The summed E-state index contributed by atoms with van der Waals surface area (Å²) in [6, 6.07) is 13.0. The SMILES string of the molecule is O=C(O)c1cccc([N+](=O)[O-])c1Sc1ccccc1. The Balaban J connectivity index is 2.52. The molecule has 0 fully saturated rings. The molecule has 96 valence electrons. The quantitative estimate of drug-likeness (QED) is 0.682. The smallest absolute Gasteiger partial charge is 0.337 e. The molecule has 0 radical (unpaired) electrons. The highest BCUT2D eigenvalue weighted by atomic mass is 32.2. The number of hydrogen-bond acceptors (Lipinski definition) is 4. The van der Waals surface area contributed by atoms with Crippen LogP contribution in [0.2, 0.25) is 0 Å². The van der Waals surface area contributed by atoms with Gasteiger partial charge in [0.15, 0.2) is 0 Å². The molecule has 5 nitrogen and oxygen atoms in total. The van der Waals surface area contributed by atoms with Crippen LogP contribution >= 0.6 is 11.8 Å². The van der Waals surface area contributed by atoms with E-state index >= 15 is 0 Å². The maximum absolute atomic E-state index is 11.2. The molecular formula is C13H9NO4S. The van der Waals surface area contributed by atoms with E-state index in [1.54, 1.807) is 24.3 Å². The summed E-state index contributed by atoms with van der Waals surface area (Å²) in [5, 5.41) is 20.1. The molecule has 2 aromatic carbocycles. The number of carboxylic acids is 1. The molecule has 0 atom stereocenters. The zero-order valence-corrected chi connectivity index (χ0v) is 10.5. The highest BCUT2D eigenvalue weighted by Gasteiger charge is 2.22. The molecule has 0 heterocycles. The average Bonchev–Trinajstić information content (AvgIpc) is 2.39. The second kappa shape index (κ2) is 5.53. The van der Waals surface area contributed by atoms with Gasteiger partial charge in [0.1, 0.15) is 4.90 Å². The number of hydrogen-bond donors (Lipinski definition) is 1. The van der Waals surface area contributed by atoms with Crippen LogP contribution in [0, 0.1) is 10.1 Å². The largest absolute Gasteiger partial charge is 0.478 e. The van der Waals surface area contributed by atoms with Crippen LogP contribution in [0.25, 0.3) is 0 Å². The van der Waals surface area contributed by atoms with E-state index < -0.39 is 10.9 Å². The van der Waals surface area contributed by atoms with Crippen molar-refractivity contribution in [3.05, 3.63) is 64.2 Å². The van der Waals surface area contributed by atoms with Crippen molar-refractivity contribution in [3.63, 3.8) is 0 Å². The maximum Gasteiger partial charge on any atom is 0.337 e. The minimum absolute atomic E-state index is 0.0666. The van der Waals surface area contributed by atoms with Crippen molar-refractivity contribution in [3.8, 4) is 0 Å². The van der Waals surface area contributed by atoms with Crippen molar-refractivity contribution in [1.82, 2.24) is 0 Å². The minimum Gasteiger partial charge on any atom is -0.478 e. The van der Waals surface area contributed by atoms with Crippen LogP contribution in [0.3, 0.4) is 0 Å². The van der Waals surface area contributed by atoms with Crippen LogP contribution in [-0.4, -0.2) is 16.0 Å². The number of carbonyl (C=O) groups is 1. The third kappa shape index (κ3) is 2.92. The summed E-state index contributed by atoms with van der Waals surface area (Å²) in [6.07, 6.45) is 0. The summed E-state index contributed by atoms with van der Waals surface area (Å²) < 4.78 is 0. The van der Waals surface area contributed by atoms with E-state index in [1.165, 1.54) is 18.2 Å². The van der Waals surface area contributed by atoms with Gasteiger partial charge in [-0.05, 0) is 18.2 Å². The van der Waals surface area contributed by atoms with Gasteiger partial charge in [-0.25, -0.2) is 4.79 Å². The monoisotopic (exact) mass is 275 g/mol. The highest BCUT2D eigenvalue weighted by molar-refractivity contribution is 7.99. The van der Waals surface area contributed by atoms with E-state index in [2.05, 4.69) is 0 Å². The zero-order chi connectivity index (χ0) is 13.8. The third-order valence-electron chi connectivity index (χ3n) is 2.38. The van der Waals surface area contributed by atoms with Crippen molar-refractivity contribution >= 4 is 23.4 Å². The van der Waals surface area contributed by atoms with Gasteiger partial charge in [0.25, 0.3) is 5.69 Å². The van der Waals surface area contributed by atoms with Crippen LogP contribution in [0.5, 0.6) is 0 Å².